The van der Waals surface area contributed by atoms with Gasteiger partial charge in [0.2, 0.25) is 5.66 Å². The van der Waals surface area contributed by atoms with Crippen LogP contribution in [0.3, 0.4) is 0 Å². The standard InChI is InChI=1S/C17H20N4O.ClH/c1-13-12-14(6-7-15(13)18)21-11-5-8-17(21,16(19)22)20-9-3-2-4-10-20;/h3-4,6-7,9,12H,5,8,10-11,18H2,1H3,(H-,19,22);1H/t17-;/m0./s1. The van der Waals surface area contributed by atoms with Gasteiger partial charge in [-0.15, -0.1) is 0 Å². The van der Waals surface area contributed by atoms with Crippen molar-refractivity contribution in [2.45, 2.75) is 25.4 Å². The lowest BCUT2D eigenvalue weighted by molar-refractivity contribution is -0.127. The number of anilines is 2. The summed E-state index contributed by atoms with van der Waals surface area (Å²) in [5.74, 6) is -0.320. The minimum Gasteiger partial charge on any atom is -1.00 e. The van der Waals surface area contributed by atoms with Crippen molar-refractivity contribution in [3.8, 4) is 0 Å². The molecule has 1 amide bonds. The summed E-state index contributed by atoms with van der Waals surface area (Å²) in [6.07, 6.45) is 10.3. The van der Waals surface area contributed by atoms with Crippen LogP contribution in [0.1, 0.15) is 18.4 Å². The summed E-state index contributed by atoms with van der Waals surface area (Å²) in [4.78, 5) is 16.5. The van der Waals surface area contributed by atoms with Gasteiger partial charge in [0.1, 0.15) is 6.20 Å². The highest BCUT2D eigenvalue weighted by Crippen LogP contribution is 2.38. The number of allylic oxidation sites excluding steroid dienone is 2. The van der Waals surface area contributed by atoms with Crippen molar-refractivity contribution in [3.05, 3.63) is 48.2 Å². The fourth-order valence-corrected chi connectivity index (χ4v) is 3.36. The summed E-state index contributed by atoms with van der Waals surface area (Å²) in [5, 5.41) is 0. The minimum absolute atomic E-state index is 0. The van der Waals surface area contributed by atoms with Gasteiger partial charge >= 0.3 is 0 Å². The predicted molar refractivity (Wildman–Crippen MR) is 87.8 cm³/mol. The van der Waals surface area contributed by atoms with Crippen LogP contribution in [0.5, 0.6) is 0 Å². The highest BCUT2D eigenvalue weighted by atomic mass is 35.5. The lowest BCUT2D eigenvalue weighted by Gasteiger charge is -2.42. The summed E-state index contributed by atoms with van der Waals surface area (Å²) in [5.41, 5.74) is 13.7. The first-order chi connectivity index (χ1) is 10.6. The second-order valence-electron chi connectivity index (χ2n) is 5.82. The van der Waals surface area contributed by atoms with E-state index in [1.807, 2.05) is 48.4 Å². The second kappa shape index (κ2) is 6.49. The highest BCUT2D eigenvalue weighted by Gasteiger charge is 2.52. The molecule has 2 aliphatic rings. The average Bonchev–Trinajstić information content (AvgIpc) is 2.97. The van der Waals surface area contributed by atoms with Crippen LogP contribution in [-0.2, 0) is 4.79 Å². The van der Waals surface area contributed by atoms with Crippen molar-refractivity contribution in [2.24, 2.45) is 5.73 Å². The molecule has 0 aliphatic carbocycles. The molecule has 1 fully saturated rings. The first-order valence-corrected chi connectivity index (χ1v) is 7.50. The Morgan fingerprint density at radius 3 is 2.78 bits per heavy atom. The number of carbonyl (C=O) groups is 1. The van der Waals surface area contributed by atoms with Gasteiger partial charge in [0.05, 0.1) is 18.7 Å². The molecular weight excluding hydrogens is 312 g/mol. The number of hydrogen-bond acceptors (Lipinski definition) is 4. The van der Waals surface area contributed by atoms with Gasteiger partial charge in [-0.05, 0) is 37.1 Å². The molecule has 2 aliphatic heterocycles. The molecule has 6 heteroatoms. The summed E-state index contributed by atoms with van der Waals surface area (Å²) in [7, 11) is 0. The van der Waals surface area contributed by atoms with Gasteiger partial charge in [-0.1, -0.05) is 0 Å². The minimum atomic E-state index is -0.822. The maximum atomic E-state index is 12.4. The van der Waals surface area contributed by atoms with E-state index in [0.29, 0.717) is 13.0 Å². The third-order valence-corrected chi connectivity index (χ3v) is 4.54. The van der Waals surface area contributed by atoms with Gasteiger partial charge in [0, 0.05) is 24.3 Å². The average molecular weight is 333 g/mol. The molecule has 2 heterocycles. The molecule has 0 spiro atoms. The summed E-state index contributed by atoms with van der Waals surface area (Å²) >= 11 is 0. The molecule has 0 radical (unpaired) electrons. The molecule has 1 atom stereocenters. The molecule has 3 rings (SSSR count). The van der Waals surface area contributed by atoms with E-state index in [1.165, 1.54) is 0 Å². The molecule has 5 nitrogen and oxygen atoms in total. The van der Waals surface area contributed by atoms with Gasteiger partial charge in [0.15, 0.2) is 6.08 Å². The van der Waals surface area contributed by atoms with Gasteiger partial charge in [-0.3, -0.25) is 9.69 Å². The van der Waals surface area contributed by atoms with Crippen LogP contribution in [0, 0.1) is 13.0 Å². The molecule has 122 valence electrons. The zero-order valence-corrected chi connectivity index (χ0v) is 13.9. The van der Waals surface area contributed by atoms with Gasteiger partial charge < -0.3 is 28.8 Å². The number of primary amides is 1. The Hall–Kier alpha value is -2.23. The monoisotopic (exact) mass is 332 g/mol. The number of rotatable bonds is 3. The third kappa shape index (κ3) is 2.74. The van der Waals surface area contributed by atoms with Crippen LogP contribution < -0.4 is 28.8 Å². The predicted octanol–water partition coefficient (Wildman–Crippen LogP) is -1.45. The third-order valence-electron chi connectivity index (χ3n) is 4.54. The summed E-state index contributed by atoms with van der Waals surface area (Å²) in [6.45, 7) is 3.40. The van der Waals surface area contributed by atoms with E-state index in [-0.39, 0.29) is 18.3 Å². The Morgan fingerprint density at radius 1 is 1.39 bits per heavy atom. The zero-order chi connectivity index (χ0) is 15.7. The van der Waals surface area contributed by atoms with Crippen molar-refractivity contribution in [2.75, 3.05) is 23.7 Å². The van der Waals surface area contributed by atoms with Crippen molar-refractivity contribution in [1.29, 1.82) is 0 Å². The van der Waals surface area contributed by atoms with Gasteiger partial charge in [-0.25, -0.2) is 0 Å². The highest BCUT2D eigenvalue weighted by molar-refractivity contribution is 5.89. The van der Waals surface area contributed by atoms with Crippen molar-refractivity contribution in [3.63, 3.8) is 0 Å². The van der Waals surface area contributed by atoms with Crippen molar-refractivity contribution < 1.29 is 17.2 Å². The first kappa shape index (κ1) is 17.1. The molecule has 0 bridgehead atoms. The number of nitrogen functional groups attached to an aromatic ring is 1. The number of aryl methyl sites for hydroxylation is 1. The normalized spacial score (nSPS) is 22.7. The molecule has 0 saturated carbocycles. The molecule has 23 heavy (non-hydrogen) atoms. The molecule has 1 saturated heterocycles. The number of carbonyl (C=O) groups excluding carboxylic acids is 1. The Morgan fingerprint density at radius 2 is 2.17 bits per heavy atom. The van der Waals surface area contributed by atoms with Gasteiger partial charge in [-0.2, -0.15) is 0 Å². The van der Waals surface area contributed by atoms with E-state index in [4.69, 9.17) is 11.5 Å². The molecule has 0 unspecified atom stereocenters. The number of amides is 1. The van der Waals surface area contributed by atoms with Crippen LogP contribution in [0.2, 0.25) is 0 Å². The van der Waals surface area contributed by atoms with Crippen molar-refractivity contribution in [1.82, 2.24) is 4.90 Å². The van der Waals surface area contributed by atoms with E-state index in [2.05, 4.69) is 11.0 Å². The van der Waals surface area contributed by atoms with E-state index in [1.54, 1.807) is 0 Å². The van der Waals surface area contributed by atoms with Crippen molar-refractivity contribution >= 4 is 17.3 Å². The topological polar surface area (TPSA) is 75.6 Å². The quantitative estimate of drug-likeness (QED) is 0.525. The SMILES string of the molecule is Cc1cc(N2CCC[C@]2(C(N)=O)N2C=C[C+]=CC2)ccc1N.[Cl-]. The number of nitrogens with two attached hydrogens (primary N) is 2. The summed E-state index contributed by atoms with van der Waals surface area (Å²) in [6, 6.07) is 5.86. The lowest BCUT2D eigenvalue weighted by Crippen LogP contribution is -3.00. The van der Waals surface area contributed by atoms with E-state index < -0.39 is 5.66 Å². The largest absolute Gasteiger partial charge is 1.00 e. The molecule has 0 aromatic heterocycles. The van der Waals surface area contributed by atoms with Gasteiger partial charge in [0.25, 0.3) is 5.91 Å². The number of halogens is 1. The van der Waals surface area contributed by atoms with E-state index in [9.17, 15) is 4.79 Å². The lowest BCUT2D eigenvalue weighted by atomic mass is 10.0. The van der Waals surface area contributed by atoms with Crippen LogP contribution in [0.4, 0.5) is 11.4 Å². The van der Waals surface area contributed by atoms with Crippen LogP contribution in [0.25, 0.3) is 0 Å². The Bertz CT molecular complexity index is 658. The zero-order valence-electron chi connectivity index (χ0n) is 13.1. The molecular formula is C17H21ClN4O. The van der Waals surface area contributed by atoms with Crippen LogP contribution in [-0.4, -0.2) is 29.6 Å². The van der Waals surface area contributed by atoms with E-state index >= 15 is 0 Å². The van der Waals surface area contributed by atoms with Crippen LogP contribution in [0.15, 0.2) is 36.6 Å². The first-order valence-electron chi connectivity index (χ1n) is 7.50. The Kier molecular flexibility index (Phi) is 4.83. The second-order valence-corrected chi connectivity index (χ2v) is 5.82. The number of benzene rings is 1. The van der Waals surface area contributed by atoms with E-state index in [0.717, 1.165) is 29.9 Å². The fourth-order valence-electron chi connectivity index (χ4n) is 3.36. The molecule has 4 N–H and O–H groups in total. The Balaban J connectivity index is 0.00000192. The Labute approximate surface area is 143 Å². The smallest absolute Gasteiger partial charge is 0.266 e. The maximum Gasteiger partial charge on any atom is 0.266 e. The summed E-state index contributed by atoms with van der Waals surface area (Å²) < 4.78 is 0. The maximum absolute atomic E-state index is 12.4. The molecule has 1 aromatic rings. The number of nitrogens with zero attached hydrogens (tertiary/aromatic N) is 2. The van der Waals surface area contributed by atoms with Crippen LogP contribution >= 0.6 is 0 Å². The molecule has 1 aromatic carbocycles. The fraction of sp³-hybridized carbons (Fsp3) is 0.353. The number of hydrogen-bond donors (Lipinski definition) is 2.